The maximum absolute atomic E-state index is 10.1. The van der Waals surface area contributed by atoms with Crippen LogP contribution in [-0.4, -0.2) is 143 Å². The van der Waals surface area contributed by atoms with Crippen molar-refractivity contribution >= 4 is 81.4 Å². The second-order valence-electron chi connectivity index (χ2n) is 2.51. The van der Waals surface area contributed by atoms with Gasteiger partial charge in [0.1, 0.15) is 18.3 Å². The molecule has 0 spiro atoms. The van der Waals surface area contributed by atoms with Crippen molar-refractivity contribution in [2.75, 3.05) is 6.61 Å². The molecule has 0 heterocycles. The summed E-state index contributed by atoms with van der Waals surface area (Å²) in [5.41, 5.74) is 0. The molecule has 86 valence electrons. The molecule has 0 aliphatic heterocycles. The van der Waals surface area contributed by atoms with Crippen LogP contribution in [0.5, 0.6) is 0 Å². The van der Waals surface area contributed by atoms with Gasteiger partial charge in [0.25, 0.3) is 0 Å². The summed E-state index contributed by atoms with van der Waals surface area (Å²) in [6.07, 6.45) is -7.84. The zero-order valence-corrected chi connectivity index (χ0v) is 12.4. The predicted octanol–water partition coefficient (Wildman–Crippen LogP) is -3.80. The topological polar surface area (TPSA) is 138 Å². The van der Waals surface area contributed by atoms with Crippen LogP contribution in [0.25, 0.3) is 0 Å². The Morgan fingerprint density at radius 3 is 1.73 bits per heavy atom. The predicted molar refractivity (Wildman–Crippen MR) is 54.7 cm³/mol. The molecule has 0 amide bonds. The van der Waals surface area contributed by atoms with Gasteiger partial charge in [0.05, 0.1) is 6.61 Å². The Labute approximate surface area is 152 Å². The molecular weight excluding hydrogens is 264 g/mol. The van der Waals surface area contributed by atoms with Gasteiger partial charge < -0.3 is 36.3 Å². The maximum atomic E-state index is 10.1. The number of hydrogen-bond donors (Lipinski definition) is 6. The summed E-state index contributed by atoms with van der Waals surface area (Å²) in [4.78, 5) is 10.1. The number of aliphatic hydroxyl groups excluding tert-OH is 5. The van der Waals surface area contributed by atoms with Gasteiger partial charge in [-0.25, -0.2) is 4.79 Å². The van der Waals surface area contributed by atoms with Gasteiger partial charge in [0, 0.05) is 0 Å². The maximum Gasteiger partial charge on any atom is 2.00 e. The molecule has 4 atom stereocenters. The molecule has 0 rings (SSSR count). The van der Waals surface area contributed by atoms with E-state index in [1.54, 1.807) is 0 Å². The van der Waals surface area contributed by atoms with Crippen LogP contribution in [0, 0.1) is 0 Å². The van der Waals surface area contributed by atoms with E-state index in [0.717, 1.165) is 0 Å². The second kappa shape index (κ2) is 10.9. The van der Waals surface area contributed by atoms with Crippen molar-refractivity contribution in [3.05, 3.63) is 0 Å². The van der Waals surface area contributed by atoms with Gasteiger partial charge in [0.15, 0.2) is 6.10 Å². The van der Waals surface area contributed by atoms with Crippen LogP contribution in [0.15, 0.2) is 0 Å². The van der Waals surface area contributed by atoms with Crippen LogP contribution < -0.4 is 0 Å². The number of carboxylic acid groups (broad SMARTS) is 1. The van der Waals surface area contributed by atoms with Gasteiger partial charge in [0.2, 0.25) is 0 Å². The third-order valence-electron chi connectivity index (χ3n) is 1.51. The first-order valence-corrected chi connectivity index (χ1v) is 3.47. The Morgan fingerprint density at radius 2 is 1.47 bits per heavy atom. The van der Waals surface area contributed by atoms with Crippen molar-refractivity contribution in [1.29, 1.82) is 0 Å². The normalized spacial score (nSPS) is 17.7. The molecule has 15 heavy (non-hydrogen) atoms. The van der Waals surface area contributed by atoms with Crippen molar-refractivity contribution < 1.29 is 41.1 Å². The van der Waals surface area contributed by atoms with Gasteiger partial charge in [-0.3, -0.25) is 0 Å². The Hall–Kier alpha value is 1.79. The van der Waals surface area contributed by atoms with E-state index in [1.807, 2.05) is 0 Å². The number of rotatable bonds is 5. The summed E-state index contributed by atoms with van der Waals surface area (Å²) >= 11 is 0. The molecule has 0 radical (unpaired) electrons. The van der Waals surface area contributed by atoms with Gasteiger partial charge >= 0.3 is 81.4 Å². The van der Waals surface area contributed by atoms with Crippen molar-refractivity contribution in [2.45, 2.75) is 24.4 Å². The molecule has 0 fully saturated rings. The minimum Gasteiger partial charge on any atom is -1.00 e. The minimum atomic E-state index is -2.20. The molecule has 0 aliphatic carbocycles. The van der Waals surface area contributed by atoms with E-state index >= 15 is 0 Å². The Bertz CT molecular complexity index is 193. The van der Waals surface area contributed by atoms with E-state index in [2.05, 4.69) is 0 Å². The summed E-state index contributed by atoms with van der Waals surface area (Å²) < 4.78 is 0. The molecule has 0 bridgehead atoms. The number of carbonyl (C=O) groups is 1. The Kier molecular flexibility index (Phi) is 16.0. The fourth-order valence-electron chi connectivity index (χ4n) is 0.668. The zero-order valence-electron chi connectivity index (χ0n) is 12.0. The monoisotopic (exact) mass is 280 g/mol. The Morgan fingerprint density at radius 1 is 1.07 bits per heavy atom. The van der Waals surface area contributed by atoms with Crippen LogP contribution in [-0.2, 0) is 4.79 Å². The van der Waals surface area contributed by atoms with Crippen LogP contribution in [0.2, 0.25) is 0 Å². The first-order chi connectivity index (χ1) is 5.91. The minimum absolute atomic E-state index is 0. The van der Waals surface area contributed by atoms with Gasteiger partial charge in [-0.1, -0.05) is 0 Å². The molecule has 0 saturated heterocycles. The molecule has 0 aromatic heterocycles. The van der Waals surface area contributed by atoms with Crippen LogP contribution >= 0.6 is 0 Å². The number of aliphatic carboxylic acids is 1. The average molecular weight is 280 g/mol. The van der Waals surface area contributed by atoms with Crippen molar-refractivity contribution in [2.24, 2.45) is 0 Å². The van der Waals surface area contributed by atoms with Crippen molar-refractivity contribution in [3.8, 4) is 0 Å². The molecule has 9 heteroatoms. The SMILES string of the molecule is O=C(O)[C@H](O)[C@@H](O)[C@H](O)[C@H](O)CO.[Ca+2].[Ca+2].[H-].[H-].[H-].[H-]. The second-order valence-corrected chi connectivity index (χ2v) is 2.51. The smallest absolute Gasteiger partial charge is 1.00 e. The summed E-state index contributed by atoms with van der Waals surface area (Å²) in [7, 11) is 0. The van der Waals surface area contributed by atoms with Crippen LogP contribution in [0.4, 0.5) is 0 Å². The van der Waals surface area contributed by atoms with E-state index < -0.39 is 37.0 Å². The van der Waals surface area contributed by atoms with Crippen LogP contribution in [0.1, 0.15) is 5.71 Å². The van der Waals surface area contributed by atoms with Crippen LogP contribution in [0.3, 0.4) is 0 Å². The number of aliphatic hydroxyl groups is 5. The van der Waals surface area contributed by atoms with E-state index in [1.165, 1.54) is 0 Å². The first kappa shape index (κ1) is 22.0. The quantitative estimate of drug-likeness (QED) is 0.284. The van der Waals surface area contributed by atoms with Crippen molar-refractivity contribution in [1.82, 2.24) is 0 Å². The average Bonchev–Trinajstić information content (AvgIpc) is 2.12. The standard InChI is InChI=1S/C6H12O7.2Ca.4H/c7-1-2(8)3(9)4(10)5(11)6(12)13;;;;;;/h2-5,7-11H,1H2,(H,12,13);;;;;;/q;2*+2;4*-1/t2-,3-,4+,5-;;;;;;/m1....../s1. The van der Waals surface area contributed by atoms with Gasteiger partial charge in [-0.05, 0) is 0 Å². The molecule has 0 saturated carbocycles. The Balaban J connectivity index is -0.0000000480. The molecule has 0 unspecified atom stereocenters. The molecule has 7 nitrogen and oxygen atoms in total. The number of hydrogen-bond acceptors (Lipinski definition) is 6. The van der Waals surface area contributed by atoms with Gasteiger partial charge in [-0.15, -0.1) is 0 Å². The molecule has 0 aromatic rings. The molecule has 0 aromatic carbocycles. The fourth-order valence-corrected chi connectivity index (χ4v) is 0.668. The third-order valence-corrected chi connectivity index (χ3v) is 1.51. The summed E-state index contributed by atoms with van der Waals surface area (Å²) in [5.74, 6) is -1.73. The first-order valence-electron chi connectivity index (χ1n) is 3.47. The molecule has 6 N–H and O–H groups in total. The number of carboxylic acids is 1. The molecular formula is C6H16Ca2O7. The van der Waals surface area contributed by atoms with E-state index in [0.29, 0.717) is 0 Å². The van der Waals surface area contributed by atoms with E-state index in [9.17, 15) is 4.79 Å². The zero-order chi connectivity index (χ0) is 10.6. The van der Waals surface area contributed by atoms with Gasteiger partial charge in [-0.2, -0.15) is 0 Å². The summed E-state index contributed by atoms with van der Waals surface area (Å²) in [6, 6.07) is 0. The largest absolute Gasteiger partial charge is 2.00 e. The summed E-state index contributed by atoms with van der Waals surface area (Å²) in [6.45, 7) is -0.843. The van der Waals surface area contributed by atoms with E-state index in [4.69, 9.17) is 30.6 Å². The third kappa shape index (κ3) is 7.67. The molecule has 0 aliphatic rings. The summed E-state index contributed by atoms with van der Waals surface area (Å²) in [5, 5.41) is 51.8. The van der Waals surface area contributed by atoms with Crippen molar-refractivity contribution in [3.63, 3.8) is 0 Å². The van der Waals surface area contributed by atoms with E-state index in [-0.39, 0.29) is 81.2 Å². The fraction of sp³-hybridized carbons (Fsp3) is 0.833.